The second kappa shape index (κ2) is 8.62. The summed E-state index contributed by atoms with van der Waals surface area (Å²) in [6.07, 6.45) is 0. The van der Waals surface area contributed by atoms with Crippen molar-refractivity contribution >= 4 is 17.2 Å². The van der Waals surface area contributed by atoms with Gasteiger partial charge in [0.2, 0.25) is 0 Å². The van der Waals surface area contributed by atoms with Crippen molar-refractivity contribution in [3.05, 3.63) is 35.5 Å². The summed E-state index contributed by atoms with van der Waals surface area (Å²) in [5, 5.41) is 16.0. The van der Waals surface area contributed by atoms with Crippen molar-refractivity contribution < 1.29 is 9.47 Å². The van der Waals surface area contributed by atoms with E-state index in [1.54, 1.807) is 32.4 Å². The number of H-pyrrole nitrogens is 1. The van der Waals surface area contributed by atoms with Crippen LogP contribution in [0, 0.1) is 5.41 Å². The molecule has 0 amide bonds. The molecule has 1 saturated heterocycles. The SMILES string of the molecule is COCC(C)N1CCN(c2cc(C(=N)c3cc(OC)ccc3N)[nH]n2)C[C@@H]1C. The van der Waals surface area contributed by atoms with Crippen LogP contribution in [0.25, 0.3) is 0 Å². The highest BCUT2D eigenvalue weighted by Crippen LogP contribution is 2.24. The summed E-state index contributed by atoms with van der Waals surface area (Å²) < 4.78 is 10.6. The summed E-state index contributed by atoms with van der Waals surface area (Å²) in [5.74, 6) is 1.52. The molecule has 0 aliphatic carbocycles. The number of aromatic nitrogens is 2. The van der Waals surface area contributed by atoms with Gasteiger partial charge in [0.15, 0.2) is 5.82 Å². The van der Waals surface area contributed by atoms with Crippen molar-refractivity contribution in [3.63, 3.8) is 0 Å². The van der Waals surface area contributed by atoms with Gasteiger partial charge in [-0.3, -0.25) is 15.4 Å². The van der Waals surface area contributed by atoms with E-state index in [9.17, 15) is 0 Å². The first-order valence-electron chi connectivity index (χ1n) is 9.52. The lowest BCUT2D eigenvalue weighted by molar-refractivity contribution is 0.0678. The van der Waals surface area contributed by atoms with Crippen molar-refractivity contribution in [2.24, 2.45) is 0 Å². The molecule has 8 heteroatoms. The molecule has 0 saturated carbocycles. The average molecular weight is 387 g/mol. The lowest BCUT2D eigenvalue weighted by Gasteiger charge is -2.42. The molecule has 0 bridgehead atoms. The monoisotopic (exact) mass is 386 g/mol. The minimum atomic E-state index is 0.301. The lowest BCUT2D eigenvalue weighted by Crippen LogP contribution is -2.55. The van der Waals surface area contributed by atoms with Gasteiger partial charge in [-0.05, 0) is 32.0 Å². The number of nitrogens with zero attached hydrogens (tertiary/aromatic N) is 3. The molecule has 1 unspecified atom stereocenters. The topological polar surface area (TPSA) is 103 Å². The summed E-state index contributed by atoms with van der Waals surface area (Å²) in [6, 6.07) is 8.02. The zero-order chi connectivity index (χ0) is 20.3. The third-order valence-corrected chi connectivity index (χ3v) is 5.34. The first-order chi connectivity index (χ1) is 13.4. The highest BCUT2D eigenvalue weighted by molar-refractivity contribution is 6.13. The fraction of sp³-hybridized carbons (Fsp3) is 0.500. The van der Waals surface area contributed by atoms with Gasteiger partial charge in [0, 0.05) is 56.1 Å². The quantitative estimate of drug-likeness (QED) is 0.496. The number of nitrogens with one attached hydrogen (secondary N) is 2. The Kier molecular flexibility index (Phi) is 6.21. The van der Waals surface area contributed by atoms with Gasteiger partial charge in [-0.1, -0.05) is 0 Å². The first kappa shape index (κ1) is 20.2. The third-order valence-electron chi connectivity index (χ3n) is 5.34. The number of aromatic amines is 1. The normalized spacial score (nSPS) is 18.9. The average Bonchev–Trinajstić information content (AvgIpc) is 3.18. The summed E-state index contributed by atoms with van der Waals surface area (Å²) >= 11 is 0. The fourth-order valence-electron chi connectivity index (χ4n) is 3.80. The summed E-state index contributed by atoms with van der Waals surface area (Å²) in [4.78, 5) is 4.72. The third kappa shape index (κ3) is 4.13. The molecule has 28 heavy (non-hydrogen) atoms. The minimum Gasteiger partial charge on any atom is -0.497 e. The van der Waals surface area contributed by atoms with Gasteiger partial charge in [-0.15, -0.1) is 0 Å². The van der Waals surface area contributed by atoms with Gasteiger partial charge >= 0.3 is 0 Å². The fourth-order valence-corrected chi connectivity index (χ4v) is 3.80. The maximum Gasteiger partial charge on any atom is 0.151 e. The molecule has 2 atom stereocenters. The molecule has 0 radical (unpaired) electrons. The van der Waals surface area contributed by atoms with Gasteiger partial charge < -0.3 is 20.1 Å². The van der Waals surface area contributed by atoms with Crippen LogP contribution >= 0.6 is 0 Å². The Hall–Kier alpha value is -2.58. The number of anilines is 2. The Bertz CT molecular complexity index is 821. The predicted octanol–water partition coefficient (Wildman–Crippen LogP) is 1.96. The largest absolute Gasteiger partial charge is 0.497 e. The maximum absolute atomic E-state index is 8.54. The van der Waals surface area contributed by atoms with Crippen LogP contribution in [-0.4, -0.2) is 73.4 Å². The van der Waals surface area contributed by atoms with Crippen molar-refractivity contribution in [2.75, 3.05) is 51.1 Å². The molecule has 4 N–H and O–H groups in total. The smallest absolute Gasteiger partial charge is 0.151 e. The highest BCUT2D eigenvalue weighted by atomic mass is 16.5. The molecule has 2 aromatic rings. The number of benzene rings is 1. The van der Waals surface area contributed by atoms with Crippen molar-refractivity contribution in [1.82, 2.24) is 15.1 Å². The zero-order valence-electron chi connectivity index (χ0n) is 17.0. The highest BCUT2D eigenvalue weighted by Gasteiger charge is 2.28. The summed E-state index contributed by atoms with van der Waals surface area (Å²) in [7, 11) is 3.34. The van der Waals surface area contributed by atoms with Gasteiger partial charge in [0.05, 0.1) is 25.1 Å². The van der Waals surface area contributed by atoms with E-state index in [1.807, 2.05) is 6.07 Å². The van der Waals surface area contributed by atoms with E-state index in [-0.39, 0.29) is 0 Å². The molecule has 1 aliphatic rings. The van der Waals surface area contributed by atoms with E-state index in [1.165, 1.54) is 0 Å². The number of hydrogen-bond acceptors (Lipinski definition) is 7. The molecule has 1 fully saturated rings. The van der Waals surface area contributed by atoms with Gasteiger partial charge in [-0.25, -0.2) is 0 Å². The number of hydrogen-bond donors (Lipinski definition) is 3. The van der Waals surface area contributed by atoms with Crippen LogP contribution in [0.4, 0.5) is 11.5 Å². The van der Waals surface area contributed by atoms with Crippen molar-refractivity contribution in [2.45, 2.75) is 25.9 Å². The molecule has 8 nitrogen and oxygen atoms in total. The Labute approximate surface area is 166 Å². The summed E-state index contributed by atoms with van der Waals surface area (Å²) in [6.45, 7) is 7.88. The standard InChI is InChI=1S/C20H30N6O2/c1-13-11-25(7-8-26(13)14(2)12-27-3)19-10-18(23-24-19)20(22)16-9-15(28-4)5-6-17(16)21/h5-6,9-10,13-14,22H,7-8,11-12,21H2,1-4H3,(H,23,24)/t13-,14?/m0/s1. The molecule has 152 valence electrons. The molecule has 1 aromatic heterocycles. The number of nitrogen functional groups attached to an aromatic ring is 1. The number of rotatable bonds is 7. The molecule has 2 heterocycles. The van der Waals surface area contributed by atoms with E-state index >= 15 is 0 Å². The molecular weight excluding hydrogens is 356 g/mol. The Balaban J connectivity index is 1.72. The van der Waals surface area contributed by atoms with E-state index in [2.05, 4.69) is 33.8 Å². The number of ether oxygens (including phenoxy) is 2. The number of methoxy groups -OCH3 is 2. The van der Waals surface area contributed by atoms with Gasteiger partial charge in [-0.2, -0.15) is 5.10 Å². The van der Waals surface area contributed by atoms with Gasteiger partial charge in [0.25, 0.3) is 0 Å². The molecule has 0 spiro atoms. The maximum atomic E-state index is 8.54. The van der Waals surface area contributed by atoms with Crippen LogP contribution in [0.1, 0.15) is 25.1 Å². The van der Waals surface area contributed by atoms with Crippen LogP contribution < -0.4 is 15.4 Å². The van der Waals surface area contributed by atoms with E-state index in [0.717, 1.165) is 32.1 Å². The molecule has 1 aliphatic heterocycles. The van der Waals surface area contributed by atoms with Crippen molar-refractivity contribution in [3.8, 4) is 5.75 Å². The molecule has 3 rings (SSSR count). The first-order valence-corrected chi connectivity index (χ1v) is 9.52. The van der Waals surface area contributed by atoms with E-state index in [0.29, 0.717) is 40.5 Å². The van der Waals surface area contributed by atoms with Crippen LogP contribution in [-0.2, 0) is 4.74 Å². The van der Waals surface area contributed by atoms with Crippen molar-refractivity contribution in [1.29, 1.82) is 5.41 Å². The Morgan fingerprint density at radius 3 is 2.82 bits per heavy atom. The Morgan fingerprint density at radius 1 is 1.36 bits per heavy atom. The summed E-state index contributed by atoms with van der Waals surface area (Å²) in [5.41, 5.74) is 8.16. The van der Waals surface area contributed by atoms with Crippen LogP contribution in [0.15, 0.2) is 24.3 Å². The lowest BCUT2D eigenvalue weighted by atomic mass is 10.0. The number of piperazine rings is 1. The second-order valence-electron chi connectivity index (χ2n) is 7.31. The zero-order valence-corrected chi connectivity index (χ0v) is 17.0. The van der Waals surface area contributed by atoms with Gasteiger partial charge in [0.1, 0.15) is 5.75 Å². The van der Waals surface area contributed by atoms with E-state index < -0.39 is 0 Å². The second-order valence-corrected chi connectivity index (χ2v) is 7.31. The van der Waals surface area contributed by atoms with E-state index in [4.69, 9.17) is 20.6 Å². The molecule has 1 aromatic carbocycles. The number of nitrogens with two attached hydrogens (primary N) is 1. The van der Waals surface area contributed by atoms with Crippen LogP contribution in [0.5, 0.6) is 5.75 Å². The Morgan fingerprint density at radius 2 is 2.14 bits per heavy atom. The van der Waals surface area contributed by atoms with Crippen LogP contribution in [0.3, 0.4) is 0 Å². The predicted molar refractivity (Wildman–Crippen MR) is 112 cm³/mol. The molecular formula is C20H30N6O2. The minimum absolute atomic E-state index is 0.301. The van der Waals surface area contributed by atoms with Crippen LogP contribution in [0.2, 0.25) is 0 Å².